The summed E-state index contributed by atoms with van der Waals surface area (Å²) in [7, 11) is 2.02. The molecule has 1 heterocycles. The fraction of sp³-hybridized carbons (Fsp3) is 0.357. The van der Waals surface area contributed by atoms with Crippen LogP contribution < -0.4 is 5.73 Å². The summed E-state index contributed by atoms with van der Waals surface area (Å²) >= 11 is 0. The van der Waals surface area contributed by atoms with Gasteiger partial charge in [-0.2, -0.15) is 0 Å². The fourth-order valence-electron chi connectivity index (χ4n) is 2.21. The first-order valence-corrected chi connectivity index (χ1v) is 6.10. The highest BCUT2D eigenvalue weighted by molar-refractivity contribution is 5.42. The number of nitrogens with zero attached hydrogens (tertiary/aromatic N) is 2. The Morgan fingerprint density at radius 3 is 2.65 bits per heavy atom. The van der Waals surface area contributed by atoms with Gasteiger partial charge in [0, 0.05) is 19.4 Å². The molecular weight excluding hydrogens is 210 g/mol. The minimum Gasteiger partial charge on any atom is -0.384 e. The van der Waals surface area contributed by atoms with E-state index < -0.39 is 0 Å². The van der Waals surface area contributed by atoms with Crippen LogP contribution in [-0.2, 0) is 13.5 Å². The van der Waals surface area contributed by atoms with Gasteiger partial charge < -0.3 is 10.3 Å². The highest BCUT2D eigenvalue weighted by atomic mass is 15.1. The quantitative estimate of drug-likeness (QED) is 0.875. The Balaban J connectivity index is 1.90. The van der Waals surface area contributed by atoms with Crippen LogP contribution in [0.5, 0.6) is 0 Å². The van der Waals surface area contributed by atoms with Gasteiger partial charge >= 0.3 is 0 Å². The monoisotopic (exact) mass is 227 g/mol. The number of nitrogen functional groups attached to an aromatic ring is 1. The van der Waals surface area contributed by atoms with Gasteiger partial charge in [0.25, 0.3) is 0 Å². The molecule has 0 unspecified atom stereocenters. The van der Waals surface area contributed by atoms with Gasteiger partial charge in [0.1, 0.15) is 11.6 Å². The molecule has 0 radical (unpaired) electrons. The molecule has 0 aliphatic heterocycles. The molecule has 1 fully saturated rings. The molecule has 1 aromatic heterocycles. The predicted molar refractivity (Wildman–Crippen MR) is 68.8 cm³/mol. The molecule has 0 atom stereocenters. The lowest BCUT2D eigenvalue weighted by Crippen LogP contribution is -2.01. The van der Waals surface area contributed by atoms with Crippen molar-refractivity contribution in [1.29, 1.82) is 0 Å². The molecule has 1 aliphatic carbocycles. The molecule has 3 nitrogen and oxygen atoms in total. The second-order valence-corrected chi connectivity index (χ2v) is 4.80. The molecule has 2 N–H and O–H groups in total. The molecule has 0 spiro atoms. The Morgan fingerprint density at radius 2 is 2.00 bits per heavy atom. The van der Waals surface area contributed by atoms with E-state index in [9.17, 15) is 0 Å². The topological polar surface area (TPSA) is 43.8 Å². The zero-order valence-electron chi connectivity index (χ0n) is 10.1. The van der Waals surface area contributed by atoms with E-state index in [1.165, 1.54) is 18.4 Å². The number of rotatable bonds is 3. The third-order valence-electron chi connectivity index (χ3n) is 3.41. The highest BCUT2D eigenvalue weighted by Gasteiger charge is 2.29. The van der Waals surface area contributed by atoms with Crippen molar-refractivity contribution in [2.75, 3.05) is 5.73 Å². The van der Waals surface area contributed by atoms with Gasteiger partial charge in [0.2, 0.25) is 0 Å². The zero-order chi connectivity index (χ0) is 11.8. The van der Waals surface area contributed by atoms with Crippen LogP contribution >= 0.6 is 0 Å². The summed E-state index contributed by atoms with van der Waals surface area (Å²) in [5.41, 5.74) is 8.40. The Morgan fingerprint density at radius 1 is 1.29 bits per heavy atom. The Labute approximate surface area is 101 Å². The van der Waals surface area contributed by atoms with Gasteiger partial charge in [0.15, 0.2) is 0 Å². The number of nitrogens with two attached hydrogens (primary N) is 1. The SMILES string of the molecule is Cn1c(C2CC2)nc(Cc2ccccc2)c1N. The first-order valence-electron chi connectivity index (χ1n) is 6.10. The summed E-state index contributed by atoms with van der Waals surface area (Å²) in [5.74, 6) is 2.62. The number of hydrogen-bond acceptors (Lipinski definition) is 2. The van der Waals surface area contributed by atoms with Crippen molar-refractivity contribution in [1.82, 2.24) is 9.55 Å². The van der Waals surface area contributed by atoms with Crippen molar-refractivity contribution in [2.45, 2.75) is 25.2 Å². The van der Waals surface area contributed by atoms with Gasteiger partial charge in [-0.25, -0.2) is 4.98 Å². The summed E-state index contributed by atoms with van der Waals surface area (Å²) in [6.45, 7) is 0. The van der Waals surface area contributed by atoms with E-state index in [-0.39, 0.29) is 0 Å². The second kappa shape index (κ2) is 3.91. The Hall–Kier alpha value is -1.77. The average molecular weight is 227 g/mol. The predicted octanol–water partition coefficient (Wildman–Crippen LogP) is 2.47. The smallest absolute Gasteiger partial charge is 0.126 e. The Bertz CT molecular complexity index is 524. The number of benzene rings is 1. The van der Waals surface area contributed by atoms with Crippen LogP contribution in [0.2, 0.25) is 0 Å². The number of imidazole rings is 1. The van der Waals surface area contributed by atoms with Crippen molar-refractivity contribution in [3.05, 3.63) is 47.4 Å². The van der Waals surface area contributed by atoms with E-state index in [0.29, 0.717) is 5.92 Å². The van der Waals surface area contributed by atoms with Crippen LogP contribution in [-0.4, -0.2) is 9.55 Å². The van der Waals surface area contributed by atoms with E-state index in [1.807, 2.05) is 13.1 Å². The van der Waals surface area contributed by atoms with Crippen molar-refractivity contribution in [3.63, 3.8) is 0 Å². The normalized spacial score (nSPS) is 15.1. The van der Waals surface area contributed by atoms with Crippen LogP contribution in [0.25, 0.3) is 0 Å². The van der Waals surface area contributed by atoms with Crippen LogP contribution in [0.15, 0.2) is 30.3 Å². The van der Waals surface area contributed by atoms with E-state index in [1.54, 1.807) is 0 Å². The van der Waals surface area contributed by atoms with Crippen molar-refractivity contribution >= 4 is 5.82 Å². The summed E-state index contributed by atoms with van der Waals surface area (Å²) in [6.07, 6.45) is 3.34. The van der Waals surface area contributed by atoms with Gasteiger partial charge in [-0.3, -0.25) is 0 Å². The van der Waals surface area contributed by atoms with E-state index in [4.69, 9.17) is 10.7 Å². The first-order chi connectivity index (χ1) is 8.25. The molecule has 3 heteroatoms. The summed E-state index contributed by atoms with van der Waals surface area (Å²) in [5, 5.41) is 0. The molecule has 0 amide bonds. The number of anilines is 1. The zero-order valence-corrected chi connectivity index (χ0v) is 10.1. The highest BCUT2D eigenvalue weighted by Crippen LogP contribution is 2.40. The fourth-order valence-corrected chi connectivity index (χ4v) is 2.21. The minimum absolute atomic E-state index is 0.645. The lowest BCUT2D eigenvalue weighted by Gasteiger charge is -2.01. The van der Waals surface area contributed by atoms with Crippen molar-refractivity contribution in [2.24, 2.45) is 7.05 Å². The van der Waals surface area contributed by atoms with Crippen LogP contribution in [0, 0.1) is 0 Å². The summed E-state index contributed by atoms with van der Waals surface area (Å²) < 4.78 is 2.05. The molecule has 0 saturated heterocycles. The van der Waals surface area contributed by atoms with Gasteiger partial charge in [-0.15, -0.1) is 0 Å². The molecule has 88 valence electrons. The minimum atomic E-state index is 0.645. The van der Waals surface area contributed by atoms with Crippen molar-refractivity contribution < 1.29 is 0 Å². The van der Waals surface area contributed by atoms with Gasteiger partial charge in [-0.05, 0) is 18.4 Å². The Kier molecular flexibility index (Phi) is 2.39. The number of hydrogen-bond donors (Lipinski definition) is 1. The number of aromatic nitrogens is 2. The van der Waals surface area contributed by atoms with Crippen molar-refractivity contribution in [3.8, 4) is 0 Å². The van der Waals surface area contributed by atoms with E-state index in [2.05, 4.69) is 28.8 Å². The van der Waals surface area contributed by atoms with Crippen LogP contribution in [0.4, 0.5) is 5.82 Å². The van der Waals surface area contributed by atoms with E-state index >= 15 is 0 Å². The molecule has 1 aliphatic rings. The summed E-state index contributed by atoms with van der Waals surface area (Å²) in [4.78, 5) is 4.70. The van der Waals surface area contributed by atoms with E-state index in [0.717, 1.165) is 23.8 Å². The molecule has 2 aromatic rings. The molecule has 17 heavy (non-hydrogen) atoms. The lowest BCUT2D eigenvalue weighted by atomic mass is 10.1. The molecule has 3 rings (SSSR count). The first kappa shape index (κ1) is 10.4. The van der Waals surface area contributed by atoms with Crippen LogP contribution in [0.1, 0.15) is 35.8 Å². The molecular formula is C14H17N3. The van der Waals surface area contributed by atoms with Gasteiger partial charge in [0.05, 0.1) is 5.69 Å². The third kappa shape index (κ3) is 1.93. The molecule has 0 bridgehead atoms. The second-order valence-electron chi connectivity index (χ2n) is 4.80. The standard InChI is InChI=1S/C14H17N3/c1-17-13(15)12(16-14(17)11-7-8-11)9-10-5-3-2-4-6-10/h2-6,11H,7-9,15H2,1H3. The summed E-state index contributed by atoms with van der Waals surface area (Å²) in [6, 6.07) is 10.4. The van der Waals surface area contributed by atoms with Crippen LogP contribution in [0.3, 0.4) is 0 Å². The largest absolute Gasteiger partial charge is 0.384 e. The lowest BCUT2D eigenvalue weighted by molar-refractivity contribution is 0.806. The average Bonchev–Trinajstić information content (AvgIpc) is 3.14. The molecule has 1 aromatic carbocycles. The maximum absolute atomic E-state index is 6.12. The molecule has 1 saturated carbocycles. The third-order valence-corrected chi connectivity index (χ3v) is 3.41. The maximum Gasteiger partial charge on any atom is 0.126 e. The van der Waals surface area contributed by atoms with Gasteiger partial charge in [-0.1, -0.05) is 30.3 Å². The maximum atomic E-state index is 6.12.